The average molecular weight is 692 g/mol. The van der Waals surface area contributed by atoms with E-state index in [1.165, 1.54) is 0 Å². The third kappa shape index (κ3) is 12.8. The van der Waals surface area contributed by atoms with Crippen molar-refractivity contribution in [2.24, 2.45) is 34.4 Å². The number of benzene rings is 2. The van der Waals surface area contributed by atoms with Crippen LogP contribution in [0, 0.1) is 0 Å². The van der Waals surface area contributed by atoms with E-state index in [1.54, 1.807) is 36.4 Å². The second kappa shape index (κ2) is 19.6. The van der Waals surface area contributed by atoms with Gasteiger partial charge in [-0.3, -0.25) is 24.0 Å². The zero-order chi connectivity index (χ0) is 36.0. The highest BCUT2D eigenvalue weighted by Crippen LogP contribution is 2.22. The molecule has 2 aromatic rings. The Bertz CT molecular complexity index is 1390. The zero-order valence-corrected chi connectivity index (χ0v) is 26.7. The van der Waals surface area contributed by atoms with E-state index in [1.807, 2.05) is 12.1 Å². The first-order valence-corrected chi connectivity index (χ1v) is 15.2. The van der Waals surface area contributed by atoms with Crippen molar-refractivity contribution in [3.63, 3.8) is 0 Å². The van der Waals surface area contributed by atoms with Crippen molar-refractivity contribution in [1.29, 1.82) is 0 Å². The van der Waals surface area contributed by atoms with Gasteiger partial charge in [0.1, 0.15) is 24.2 Å². The van der Waals surface area contributed by atoms with E-state index in [4.69, 9.17) is 56.1 Å². The number of nitrogens with one attached hydrogen (secondary N) is 5. The van der Waals surface area contributed by atoms with Crippen molar-refractivity contribution in [3.8, 4) is 11.1 Å². The van der Waals surface area contributed by atoms with Gasteiger partial charge in [0.2, 0.25) is 17.7 Å². The molecule has 2 aromatic carbocycles. The molecule has 262 valence electrons. The van der Waals surface area contributed by atoms with Crippen LogP contribution in [0.25, 0.3) is 11.1 Å². The Balaban J connectivity index is 2.06. The largest absolute Gasteiger partial charge is 0.490 e. The molecule has 0 radical (unpaired) electrons. The van der Waals surface area contributed by atoms with E-state index >= 15 is 0 Å². The van der Waals surface area contributed by atoms with E-state index in [9.17, 15) is 24.0 Å². The van der Waals surface area contributed by atoms with Crippen LogP contribution in [0.2, 0.25) is 5.02 Å². The summed E-state index contributed by atoms with van der Waals surface area (Å²) in [7, 11) is -2.10. The standard InChI is InChI=1S/C28H43BClN11O7/c30-17-7-5-15(6-8-17)14-1-3-16(4-2-14)23(42)37-18(9-11-31)24(43)38-19(10-12-32)25(44)40-22(35)27(46)39-20(13-21(33)34)26(45)41-28(36)29(47)48/h1-8,18-22,28,47-48H,9-13,31-36H2,(H,37,42)(H,38,43)(H,39,46)(H,40,44)(H,41,45). The van der Waals surface area contributed by atoms with Gasteiger partial charge in [-0.2, -0.15) is 0 Å². The number of amides is 5. The van der Waals surface area contributed by atoms with Crippen LogP contribution in [0.3, 0.4) is 0 Å². The Morgan fingerprint density at radius 1 is 0.646 bits per heavy atom. The Morgan fingerprint density at radius 3 is 1.60 bits per heavy atom. The van der Waals surface area contributed by atoms with Crippen LogP contribution in [-0.4, -0.2) is 96.3 Å². The number of carbonyl (C=O) groups is 5. The summed E-state index contributed by atoms with van der Waals surface area (Å²) in [5.41, 5.74) is 35.6. The minimum Gasteiger partial charge on any atom is -0.425 e. The van der Waals surface area contributed by atoms with Crippen molar-refractivity contribution in [2.45, 2.75) is 55.8 Å². The number of hydrogen-bond acceptors (Lipinski definition) is 13. The molecule has 0 aromatic heterocycles. The van der Waals surface area contributed by atoms with Gasteiger partial charge < -0.3 is 71.0 Å². The minimum atomic E-state index is -2.10. The molecule has 18 nitrogen and oxygen atoms in total. The number of rotatable bonds is 18. The van der Waals surface area contributed by atoms with E-state index in [-0.39, 0.29) is 37.9 Å². The second-order valence-electron chi connectivity index (χ2n) is 10.7. The molecule has 0 aliphatic heterocycles. The van der Waals surface area contributed by atoms with Gasteiger partial charge in [0.15, 0.2) is 6.17 Å². The first-order chi connectivity index (χ1) is 22.7. The summed E-state index contributed by atoms with van der Waals surface area (Å²) in [5, 5.41) is 30.5. The van der Waals surface area contributed by atoms with Crippen LogP contribution in [0.15, 0.2) is 48.5 Å². The Hall–Kier alpha value is -4.18. The molecule has 48 heavy (non-hydrogen) atoms. The maximum atomic E-state index is 13.2. The molecule has 0 fully saturated rings. The van der Waals surface area contributed by atoms with Gasteiger partial charge in [0.25, 0.3) is 11.8 Å². The smallest absolute Gasteiger partial charge is 0.425 e. The van der Waals surface area contributed by atoms with Crippen molar-refractivity contribution < 1.29 is 34.0 Å². The van der Waals surface area contributed by atoms with Crippen molar-refractivity contribution in [2.75, 3.05) is 13.1 Å². The summed E-state index contributed by atoms with van der Waals surface area (Å²) in [6.07, 6.45) is -3.16. The van der Waals surface area contributed by atoms with E-state index in [0.29, 0.717) is 5.02 Å². The van der Waals surface area contributed by atoms with Crippen molar-refractivity contribution in [1.82, 2.24) is 26.6 Å². The third-order valence-corrected chi connectivity index (χ3v) is 7.09. The number of nitrogens with two attached hydrogens (primary N) is 6. The second-order valence-corrected chi connectivity index (χ2v) is 11.2. The summed E-state index contributed by atoms with van der Waals surface area (Å²) in [5.74, 6) is -4.20. The number of halogens is 1. The summed E-state index contributed by atoms with van der Waals surface area (Å²) in [6, 6.07) is 8.41. The molecule has 2 rings (SSSR count). The van der Waals surface area contributed by atoms with Gasteiger partial charge in [0.05, 0.1) is 6.17 Å². The molecule has 5 unspecified atom stereocenters. The summed E-state index contributed by atoms with van der Waals surface area (Å²) in [6.45, 7) is -0.0304. The molecule has 0 saturated heterocycles. The van der Waals surface area contributed by atoms with Gasteiger partial charge in [-0.1, -0.05) is 35.9 Å². The zero-order valence-electron chi connectivity index (χ0n) is 26.0. The fourth-order valence-corrected chi connectivity index (χ4v) is 4.39. The first-order valence-electron chi connectivity index (χ1n) is 14.8. The first kappa shape index (κ1) is 40.0. The molecule has 0 saturated carbocycles. The van der Waals surface area contributed by atoms with Crippen LogP contribution in [0.1, 0.15) is 29.6 Å². The van der Waals surface area contributed by atoms with E-state index < -0.39 is 73.2 Å². The molecule has 0 spiro atoms. The minimum absolute atomic E-state index is 0.0238. The van der Waals surface area contributed by atoms with Gasteiger partial charge in [-0.05, 0) is 61.3 Å². The fourth-order valence-electron chi connectivity index (χ4n) is 4.27. The molecule has 0 heterocycles. The fraction of sp³-hybridized carbons (Fsp3) is 0.393. The molecule has 0 aliphatic rings. The molecule has 0 bridgehead atoms. The Morgan fingerprint density at radius 2 is 1.10 bits per heavy atom. The molecule has 5 atom stereocenters. The third-order valence-electron chi connectivity index (χ3n) is 6.84. The Labute approximate surface area is 282 Å². The van der Waals surface area contributed by atoms with Gasteiger partial charge in [-0.15, -0.1) is 0 Å². The van der Waals surface area contributed by atoms with Crippen LogP contribution >= 0.6 is 11.6 Å². The lowest BCUT2D eigenvalue weighted by Gasteiger charge is -2.25. The van der Waals surface area contributed by atoms with Gasteiger partial charge >= 0.3 is 7.12 Å². The number of carbonyl (C=O) groups excluding carboxylic acids is 5. The highest BCUT2D eigenvalue weighted by molar-refractivity contribution is 6.43. The van der Waals surface area contributed by atoms with E-state index in [2.05, 4.69) is 26.6 Å². The lowest BCUT2D eigenvalue weighted by Crippen LogP contribution is -2.63. The average Bonchev–Trinajstić information content (AvgIpc) is 3.03. The molecule has 19 N–H and O–H groups in total. The van der Waals surface area contributed by atoms with Crippen molar-refractivity contribution >= 4 is 48.3 Å². The summed E-state index contributed by atoms with van der Waals surface area (Å²) in [4.78, 5) is 64.5. The van der Waals surface area contributed by atoms with Crippen molar-refractivity contribution in [3.05, 3.63) is 59.1 Å². The maximum Gasteiger partial charge on any atom is 0.490 e. The lowest BCUT2D eigenvalue weighted by atomic mass is 9.86. The summed E-state index contributed by atoms with van der Waals surface area (Å²) >= 11 is 5.95. The normalized spacial score (nSPS) is 14.1. The lowest BCUT2D eigenvalue weighted by molar-refractivity contribution is -0.134. The van der Waals surface area contributed by atoms with Crippen LogP contribution < -0.4 is 61.0 Å². The van der Waals surface area contributed by atoms with Gasteiger partial charge in [-0.25, -0.2) is 0 Å². The quantitative estimate of drug-likeness (QED) is 0.0516. The molecule has 20 heteroatoms. The molecule has 5 amide bonds. The van der Waals surface area contributed by atoms with Crippen LogP contribution in [0.5, 0.6) is 0 Å². The predicted octanol–water partition coefficient (Wildman–Crippen LogP) is -4.78. The molecule has 0 aliphatic carbocycles. The van der Waals surface area contributed by atoms with E-state index in [0.717, 1.165) is 11.1 Å². The highest BCUT2D eigenvalue weighted by atomic mass is 35.5. The maximum absolute atomic E-state index is 13.2. The predicted molar refractivity (Wildman–Crippen MR) is 179 cm³/mol. The van der Waals surface area contributed by atoms with Gasteiger partial charge in [0, 0.05) is 17.0 Å². The Kier molecular flexibility index (Phi) is 16.3. The van der Waals surface area contributed by atoms with Crippen LogP contribution in [0.4, 0.5) is 0 Å². The highest BCUT2D eigenvalue weighted by Gasteiger charge is 2.31. The summed E-state index contributed by atoms with van der Waals surface area (Å²) < 4.78 is 0. The SMILES string of the molecule is NCCC(NC(=O)c1ccc(-c2ccc(Cl)cc2)cc1)C(=O)NC(CCN)C(=O)NC(N)C(=O)NC(CC(N)N)C(=O)NC(N)B(O)O. The molecular weight excluding hydrogens is 649 g/mol. The topological polar surface area (TPSA) is 342 Å². The monoisotopic (exact) mass is 691 g/mol. The number of hydrogen-bond donors (Lipinski definition) is 13. The molecular formula is C28H43BClN11O7. The van der Waals surface area contributed by atoms with Crippen LogP contribution in [-0.2, 0) is 19.2 Å².